The Labute approximate surface area is 131 Å². The maximum Gasteiger partial charge on any atom is 0.303 e. The molecule has 2 aromatic rings. The van der Waals surface area contributed by atoms with Gasteiger partial charge in [0.05, 0.1) is 10.6 Å². The first-order valence-electron chi connectivity index (χ1n) is 6.57. The van der Waals surface area contributed by atoms with Crippen molar-refractivity contribution in [3.8, 4) is 11.5 Å². The summed E-state index contributed by atoms with van der Waals surface area (Å²) in [6.45, 7) is 2.06. The molecule has 1 aromatic carbocycles. The number of carboxylic acid groups (broad SMARTS) is 1. The average Bonchev–Trinajstić information content (AvgIpc) is 2.91. The van der Waals surface area contributed by atoms with Gasteiger partial charge in [0.2, 0.25) is 5.89 Å². The van der Waals surface area contributed by atoms with E-state index in [9.17, 15) is 4.79 Å². The number of hydrogen-bond acceptors (Lipinski definition) is 5. The molecule has 0 saturated heterocycles. The topological polar surface area (TPSA) is 76.2 Å². The molecule has 0 unspecified atom stereocenters. The molecule has 1 N–H and O–H groups in total. The van der Waals surface area contributed by atoms with E-state index in [-0.39, 0.29) is 6.42 Å². The van der Waals surface area contributed by atoms with Crippen LogP contribution in [0, 0.1) is 0 Å². The zero-order chi connectivity index (χ0) is 15.2. The molecule has 5 nitrogen and oxygen atoms in total. The second kappa shape index (κ2) is 7.47. The summed E-state index contributed by atoms with van der Waals surface area (Å²) in [6.07, 6.45) is 1.61. The summed E-state index contributed by atoms with van der Waals surface area (Å²) in [5, 5.41) is 17.5. The minimum atomic E-state index is -0.801. The number of aliphatic carboxylic acids is 1. The Morgan fingerprint density at radius 1 is 1.43 bits per heavy atom. The molecule has 112 valence electrons. The van der Waals surface area contributed by atoms with Gasteiger partial charge in [-0.05, 0) is 30.5 Å². The number of carbonyl (C=O) groups is 1. The third-order valence-electron chi connectivity index (χ3n) is 2.84. The first-order chi connectivity index (χ1) is 10.1. The highest BCUT2D eigenvalue weighted by molar-refractivity contribution is 7.99. The van der Waals surface area contributed by atoms with Gasteiger partial charge in [0.15, 0.2) is 0 Å². The van der Waals surface area contributed by atoms with Crippen molar-refractivity contribution in [2.45, 2.75) is 31.4 Å². The van der Waals surface area contributed by atoms with Gasteiger partial charge in [0.25, 0.3) is 5.22 Å². The Kier molecular flexibility index (Phi) is 5.64. The molecule has 0 bridgehead atoms. The summed E-state index contributed by atoms with van der Waals surface area (Å²) in [7, 11) is 0. The van der Waals surface area contributed by atoms with E-state index >= 15 is 0 Å². The Balaban J connectivity index is 2.01. The standard InChI is InChI=1S/C14H15ClN2O3S/c1-2-9-5-6-10(11(15)8-9)13-16-17-14(20-13)21-7-3-4-12(18)19/h5-6,8H,2-4,7H2,1H3,(H,18,19). The minimum absolute atomic E-state index is 0.137. The summed E-state index contributed by atoms with van der Waals surface area (Å²) in [5.41, 5.74) is 1.85. The molecule has 0 atom stereocenters. The van der Waals surface area contributed by atoms with Crippen molar-refractivity contribution in [3.05, 3.63) is 28.8 Å². The molecule has 21 heavy (non-hydrogen) atoms. The van der Waals surface area contributed by atoms with Crippen LogP contribution in [0.4, 0.5) is 0 Å². The van der Waals surface area contributed by atoms with Gasteiger partial charge >= 0.3 is 5.97 Å². The van der Waals surface area contributed by atoms with Crippen molar-refractivity contribution < 1.29 is 14.3 Å². The highest BCUT2D eigenvalue weighted by atomic mass is 35.5. The summed E-state index contributed by atoms with van der Waals surface area (Å²) in [5.74, 6) is 0.198. The second-order valence-corrected chi connectivity index (χ2v) is 5.84. The molecule has 0 radical (unpaired) electrons. The van der Waals surface area contributed by atoms with E-state index in [0.29, 0.717) is 33.9 Å². The first kappa shape index (κ1) is 15.9. The number of thioether (sulfide) groups is 1. The van der Waals surface area contributed by atoms with Gasteiger partial charge in [0.1, 0.15) is 0 Å². The molecular formula is C14H15ClN2O3S. The van der Waals surface area contributed by atoms with Crippen molar-refractivity contribution >= 4 is 29.3 Å². The number of halogens is 1. The fourth-order valence-corrected chi connectivity index (χ4v) is 2.70. The SMILES string of the molecule is CCc1ccc(-c2nnc(SCCCC(=O)O)o2)c(Cl)c1. The fourth-order valence-electron chi connectivity index (χ4n) is 1.71. The third kappa shape index (κ3) is 4.47. The highest BCUT2D eigenvalue weighted by Gasteiger charge is 2.12. The molecule has 1 aromatic heterocycles. The molecule has 7 heteroatoms. The van der Waals surface area contributed by atoms with Crippen molar-refractivity contribution in [3.63, 3.8) is 0 Å². The van der Waals surface area contributed by atoms with Gasteiger partial charge in [-0.15, -0.1) is 10.2 Å². The van der Waals surface area contributed by atoms with Crippen LogP contribution in [0.25, 0.3) is 11.5 Å². The number of carboxylic acids is 1. The van der Waals surface area contributed by atoms with Crippen molar-refractivity contribution in [1.29, 1.82) is 0 Å². The Morgan fingerprint density at radius 3 is 2.90 bits per heavy atom. The monoisotopic (exact) mass is 326 g/mol. The van der Waals surface area contributed by atoms with Crippen LogP contribution >= 0.6 is 23.4 Å². The van der Waals surface area contributed by atoms with E-state index in [1.165, 1.54) is 11.8 Å². The zero-order valence-corrected chi connectivity index (χ0v) is 13.1. The lowest BCUT2D eigenvalue weighted by Crippen LogP contribution is -1.94. The third-order valence-corrected chi connectivity index (χ3v) is 4.06. The van der Waals surface area contributed by atoms with Crippen LogP contribution in [0.15, 0.2) is 27.8 Å². The number of aryl methyl sites for hydroxylation is 1. The Bertz CT molecular complexity index is 630. The maximum absolute atomic E-state index is 10.4. The molecule has 0 saturated carbocycles. The summed E-state index contributed by atoms with van der Waals surface area (Å²) in [4.78, 5) is 10.4. The maximum atomic E-state index is 10.4. The van der Waals surface area contributed by atoms with Gasteiger partial charge in [0, 0.05) is 12.2 Å². The highest BCUT2D eigenvalue weighted by Crippen LogP contribution is 2.30. The Morgan fingerprint density at radius 2 is 2.24 bits per heavy atom. The molecule has 0 spiro atoms. The van der Waals surface area contributed by atoms with Crippen molar-refractivity contribution in [2.75, 3.05) is 5.75 Å². The number of hydrogen-bond donors (Lipinski definition) is 1. The second-order valence-electron chi connectivity index (χ2n) is 4.39. The fraction of sp³-hybridized carbons (Fsp3) is 0.357. The molecule has 0 aliphatic carbocycles. The van der Waals surface area contributed by atoms with E-state index in [0.717, 1.165) is 12.0 Å². The first-order valence-corrected chi connectivity index (χ1v) is 7.93. The van der Waals surface area contributed by atoms with Crippen molar-refractivity contribution in [1.82, 2.24) is 10.2 Å². The van der Waals surface area contributed by atoms with Crippen LogP contribution in [0.5, 0.6) is 0 Å². The zero-order valence-electron chi connectivity index (χ0n) is 11.5. The van der Waals surface area contributed by atoms with Crippen LogP contribution in [0.1, 0.15) is 25.3 Å². The normalized spacial score (nSPS) is 10.8. The lowest BCUT2D eigenvalue weighted by atomic mass is 10.1. The molecule has 0 aliphatic heterocycles. The lowest BCUT2D eigenvalue weighted by molar-refractivity contribution is -0.137. The predicted octanol–water partition coefficient (Wildman–Crippen LogP) is 3.91. The summed E-state index contributed by atoms with van der Waals surface area (Å²) in [6, 6.07) is 5.74. The Hall–Kier alpha value is -1.53. The molecule has 2 rings (SSSR count). The quantitative estimate of drug-likeness (QED) is 0.614. The molecule has 1 heterocycles. The van der Waals surface area contributed by atoms with Gasteiger partial charge < -0.3 is 9.52 Å². The van der Waals surface area contributed by atoms with E-state index < -0.39 is 5.97 Å². The van der Waals surface area contributed by atoms with Crippen LogP contribution in [0.2, 0.25) is 5.02 Å². The van der Waals surface area contributed by atoms with Crippen LogP contribution in [-0.2, 0) is 11.2 Å². The van der Waals surface area contributed by atoms with Gasteiger partial charge in [-0.1, -0.05) is 36.4 Å². The van der Waals surface area contributed by atoms with E-state index in [4.69, 9.17) is 21.1 Å². The lowest BCUT2D eigenvalue weighted by Gasteiger charge is -2.01. The van der Waals surface area contributed by atoms with Gasteiger partial charge in [-0.25, -0.2) is 0 Å². The minimum Gasteiger partial charge on any atom is -0.481 e. The largest absolute Gasteiger partial charge is 0.481 e. The van der Waals surface area contributed by atoms with Gasteiger partial charge in [-0.2, -0.15) is 0 Å². The predicted molar refractivity (Wildman–Crippen MR) is 81.7 cm³/mol. The molecular weight excluding hydrogens is 312 g/mol. The van der Waals surface area contributed by atoms with Crippen LogP contribution in [0.3, 0.4) is 0 Å². The summed E-state index contributed by atoms with van der Waals surface area (Å²) < 4.78 is 5.54. The number of aromatic nitrogens is 2. The van der Waals surface area contributed by atoms with Crippen molar-refractivity contribution in [2.24, 2.45) is 0 Å². The van der Waals surface area contributed by atoms with E-state index in [1.807, 2.05) is 18.2 Å². The molecule has 0 fully saturated rings. The van der Waals surface area contributed by atoms with E-state index in [1.54, 1.807) is 0 Å². The molecule has 0 amide bonds. The molecule has 0 aliphatic rings. The number of rotatable bonds is 7. The van der Waals surface area contributed by atoms with Gasteiger partial charge in [-0.3, -0.25) is 4.79 Å². The number of benzene rings is 1. The van der Waals surface area contributed by atoms with E-state index in [2.05, 4.69) is 17.1 Å². The summed E-state index contributed by atoms with van der Waals surface area (Å²) >= 11 is 7.56. The smallest absolute Gasteiger partial charge is 0.303 e. The van der Waals surface area contributed by atoms with Crippen LogP contribution < -0.4 is 0 Å². The number of nitrogens with zero attached hydrogens (tertiary/aromatic N) is 2. The van der Waals surface area contributed by atoms with Crippen LogP contribution in [-0.4, -0.2) is 27.0 Å². The average molecular weight is 327 g/mol.